The number of carbonyl (C=O) groups is 1. The molecule has 7 heteroatoms. The van der Waals surface area contributed by atoms with Gasteiger partial charge in [-0.2, -0.15) is 0 Å². The summed E-state index contributed by atoms with van der Waals surface area (Å²) >= 11 is 0. The Morgan fingerprint density at radius 1 is 1.19 bits per heavy atom. The van der Waals surface area contributed by atoms with Gasteiger partial charge in [0, 0.05) is 58.9 Å². The van der Waals surface area contributed by atoms with Crippen molar-refractivity contribution in [3.05, 3.63) is 48.5 Å². The van der Waals surface area contributed by atoms with Crippen molar-refractivity contribution in [1.82, 2.24) is 24.8 Å². The lowest BCUT2D eigenvalue weighted by molar-refractivity contribution is -0.140. The third kappa shape index (κ3) is 3.27. The molecule has 4 heterocycles. The van der Waals surface area contributed by atoms with Crippen LogP contribution in [0.3, 0.4) is 0 Å². The van der Waals surface area contributed by atoms with Crippen LogP contribution in [0.2, 0.25) is 0 Å². The fourth-order valence-corrected chi connectivity index (χ4v) is 4.63. The molecule has 0 aliphatic carbocycles. The number of pyridine rings is 1. The molecule has 7 nitrogen and oxygen atoms in total. The van der Waals surface area contributed by atoms with Crippen LogP contribution < -0.4 is 4.90 Å². The van der Waals surface area contributed by atoms with Crippen LogP contribution in [0, 0.1) is 5.41 Å². The Bertz CT molecular complexity index is 784. The van der Waals surface area contributed by atoms with Crippen LogP contribution >= 0.6 is 0 Å². The highest BCUT2D eigenvalue weighted by molar-refractivity contribution is 5.85. The molecular weight excluding hydrogens is 340 g/mol. The van der Waals surface area contributed by atoms with Crippen LogP contribution in [0.5, 0.6) is 0 Å². The molecule has 2 aromatic heterocycles. The highest BCUT2D eigenvalue weighted by Gasteiger charge is 2.56. The quantitative estimate of drug-likeness (QED) is 0.816. The summed E-state index contributed by atoms with van der Waals surface area (Å²) in [4.78, 5) is 33.0. The second-order valence-electron chi connectivity index (χ2n) is 7.71. The van der Waals surface area contributed by atoms with Gasteiger partial charge in [0.15, 0.2) is 0 Å². The second-order valence-corrected chi connectivity index (χ2v) is 7.71. The maximum Gasteiger partial charge on any atom is 0.231 e. The van der Waals surface area contributed by atoms with E-state index < -0.39 is 5.41 Å². The van der Waals surface area contributed by atoms with Gasteiger partial charge in [0.05, 0.1) is 17.2 Å². The normalized spacial score (nSPS) is 25.3. The van der Waals surface area contributed by atoms with E-state index >= 15 is 0 Å². The maximum absolute atomic E-state index is 13.3. The summed E-state index contributed by atoms with van der Waals surface area (Å²) in [5.74, 6) is 0.925. The number of aromatic nitrogens is 3. The van der Waals surface area contributed by atoms with Gasteiger partial charge < -0.3 is 9.80 Å². The Morgan fingerprint density at radius 3 is 2.67 bits per heavy atom. The Kier molecular flexibility index (Phi) is 4.78. The van der Waals surface area contributed by atoms with E-state index in [9.17, 15) is 4.79 Å². The SMILES string of the molecule is CN(C)C(=O)[C@@]12CCCN(c3ncccn3)[C@@H]1CN(Cc1ccccn1)C2. The Labute approximate surface area is 160 Å². The van der Waals surface area contributed by atoms with Crippen LogP contribution in [-0.2, 0) is 11.3 Å². The van der Waals surface area contributed by atoms with Crippen LogP contribution in [0.15, 0.2) is 42.9 Å². The molecule has 0 aromatic carbocycles. The Morgan fingerprint density at radius 2 is 1.96 bits per heavy atom. The number of piperidine rings is 1. The molecule has 1 amide bonds. The van der Waals surface area contributed by atoms with Crippen molar-refractivity contribution >= 4 is 11.9 Å². The first-order chi connectivity index (χ1) is 13.1. The summed E-state index contributed by atoms with van der Waals surface area (Å²) in [7, 11) is 3.71. The number of hydrogen-bond acceptors (Lipinski definition) is 6. The molecule has 2 aliphatic rings. The largest absolute Gasteiger partial charge is 0.348 e. The smallest absolute Gasteiger partial charge is 0.231 e. The van der Waals surface area contributed by atoms with Crippen molar-refractivity contribution in [2.75, 3.05) is 38.6 Å². The van der Waals surface area contributed by atoms with E-state index in [1.54, 1.807) is 17.3 Å². The van der Waals surface area contributed by atoms with E-state index in [4.69, 9.17) is 0 Å². The summed E-state index contributed by atoms with van der Waals surface area (Å²) in [5, 5.41) is 0. The third-order valence-electron chi connectivity index (χ3n) is 5.73. The molecule has 0 bridgehead atoms. The van der Waals surface area contributed by atoms with Crippen molar-refractivity contribution in [2.45, 2.75) is 25.4 Å². The lowest BCUT2D eigenvalue weighted by Gasteiger charge is -2.45. The van der Waals surface area contributed by atoms with E-state index in [1.807, 2.05) is 44.6 Å². The molecule has 2 fully saturated rings. The molecule has 2 saturated heterocycles. The molecule has 0 N–H and O–H groups in total. The maximum atomic E-state index is 13.3. The first kappa shape index (κ1) is 17.9. The van der Waals surface area contributed by atoms with Gasteiger partial charge >= 0.3 is 0 Å². The fraction of sp³-hybridized carbons (Fsp3) is 0.500. The van der Waals surface area contributed by atoms with Crippen LogP contribution in [0.1, 0.15) is 18.5 Å². The number of amides is 1. The molecule has 2 aromatic rings. The van der Waals surface area contributed by atoms with Crippen molar-refractivity contribution < 1.29 is 4.79 Å². The zero-order valence-electron chi connectivity index (χ0n) is 16.0. The lowest BCUT2D eigenvalue weighted by atomic mass is 9.74. The van der Waals surface area contributed by atoms with Crippen molar-refractivity contribution in [1.29, 1.82) is 0 Å². The van der Waals surface area contributed by atoms with Crippen LogP contribution in [0.4, 0.5) is 5.95 Å². The van der Waals surface area contributed by atoms with Gasteiger partial charge in [0.1, 0.15) is 0 Å². The molecular formula is C20H26N6O. The van der Waals surface area contributed by atoms with Gasteiger partial charge in [-0.15, -0.1) is 0 Å². The minimum Gasteiger partial charge on any atom is -0.348 e. The Balaban J connectivity index is 1.66. The Hall–Kier alpha value is -2.54. The topological polar surface area (TPSA) is 65.5 Å². The van der Waals surface area contributed by atoms with Crippen molar-refractivity contribution in [2.24, 2.45) is 5.41 Å². The first-order valence-electron chi connectivity index (χ1n) is 9.48. The zero-order valence-corrected chi connectivity index (χ0v) is 16.0. The first-order valence-corrected chi connectivity index (χ1v) is 9.48. The molecule has 0 radical (unpaired) electrons. The summed E-state index contributed by atoms with van der Waals surface area (Å²) < 4.78 is 0. The summed E-state index contributed by atoms with van der Waals surface area (Å²) in [6.45, 7) is 3.20. The number of fused-ring (bicyclic) bond motifs is 1. The van der Waals surface area contributed by atoms with E-state index in [-0.39, 0.29) is 11.9 Å². The molecule has 0 unspecified atom stereocenters. The predicted molar refractivity (Wildman–Crippen MR) is 103 cm³/mol. The highest BCUT2D eigenvalue weighted by atomic mass is 16.2. The van der Waals surface area contributed by atoms with Gasteiger partial charge in [0.2, 0.25) is 11.9 Å². The fourth-order valence-electron chi connectivity index (χ4n) is 4.63. The van der Waals surface area contributed by atoms with Gasteiger partial charge in [-0.05, 0) is 31.0 Å². The minimum atomic E-state index is -0.421. The molecule has 142 valence electrons. The predicted octanol–water partition coefficient (Wildman–Crippen LogP) is 1.43. The molecule has 2 atom stereocenters. The molecule has 4 rings (SSSR count). The molecule has 2 aliphatic heterocycles. The number of rotatable bonds is 4. The molecule has 0 saturated carbocycles. The highest BCUT2D eigenvalue weighted by Crippen LogP contribution is 2.44. The number of likely N-dealkylation sites (tertiary alicyclic amines) is 1. The van der Waals surface area contributed by atoms with Gasteiger partial charge in [-0.25, -0.2) is 9.97 Å². The van der Waals surface area contributed by atoms with Crippen molar-refractivity contribution in [3.63, 3.8) is 0 Å². The van der Waals surface area contributed by atoms with Crippen molar-refractivity contribution in [3.8, 4) is 0 Å². The van der Waals surface area contributed by atoms with Crippen LogP contribution in [0.25, 0.3) is 0 Å². The second kappa shape index (κ2) is 7.23. The third-order valence-corrected chi connectivity index (χ3v) is 5.73. The van der Waals surface area contributed by atoms with Gasteiger partial charge in [0.25, 0.3) is 0 Å². The van der Waals surface area contributed by atoms with Crippen LogP contribution in [-0.4, -0.2) is 70.4 Å². The molecule has 0 spiro atoms. The summed E-state index contributed by atoms with van der Waals surface area (Å²) in [6.07, 6.45) is 7.23. The minimum absolute atomic E-state index is 0.0762. The lowest BCUT2D eigenvalue weighted by Crippen LogP contribution is -2.58. The van der Waals surface area contributed by atoms with E-state index in [0.717, 1.165) is 50.7 Å². The summed E-state index contributed by atoms with van der Waals surface area (Å²) in [5.41, 5.74) is 0.613. The average molecular weight is 366 g/mol. The van der Waals surface area contributed by atoms with Gasteiger partial charge in [-0.3, -0.25) is 14.7 Å². The van der Waals surface area contributed by atoms with Gasteiger partial charge in [-0.1, -0.05) is 6.07 Å². The molecule has 27 heavy (non-hydrogen) atoms. The number of hydrogen-bond donors (Lipinski definition) is 0. The number of anilines is 1. The number of nitrogens with zero attached hydrogens (tertiary/aromatic N) is 6. The van der Waals surface area contributed by atoms with E-state index in [1.165, 1.54) is 0 Å². The standard InChI is InChI=1S/C20H26N6O/c1-24(2)18(27)20-8-5-12-26(19-22-10-6-11-23-19)17(20)14-25(15-20)13-16-7-3-4-9-21-16/h3-4,6-7,9-11,17H,5,8,12-15H2,1-2H3/t17-,20-/m1/s1. The monoisotopic (exact) mass is 366 g/mol. The zero-order chi connectivity index (χ0) is 18.9. The van der Waals surface area contributed by atoms with E-state index in [2.05, 4.69) is 24.8 Å². The number of carbonyl (C=O) groups excluding carboxylic acids is 1. The van der Waals surface area contributed by atoms with E-state index in [0.29, 0.717) is 0 Å². The average Bonchev–Trinajstić information content (AvgIpc) is 3.07. The summed E-state index contributed by atoms with van der Waals surface area (Å²) in [6, 6.07) is 7.88.